The SMILES string of the molecule is COC(=O)c1ccoc1COC(=O)c1cc2ccccc2cc1O. The van der Waals surface area contributed by atoms with Gasteiger partial charge in [-0.15, -0.1) is 0 Å². The summed E-state index contributed by atoms with van der Waals surface area (Å²) in [4.78, 5) is 23.8. The van der Waals surface area contributed by atoms with E-state index in [1.54, 1.807) is 6.07 Å². The first-order valence-electron chi connectivity index (χ1n) is 7.13. The highest BCUT2D eigenvalue weighted by molar-refractivity contribution is 5.98. The molecular weight excluding hydrogens is 312 g/mol. The van der Waals surface area contributed by atoms with Crippen LogP contribution in [0.5, 0.6) is 5.75 Å². The van der Waals surface area contributed by atoms with Crippen LogP contribution >= 0.6 is 0 Å². The molecule has 6 heteroatoms. The Hall–Kier alpha value is -3.28. The number of benzene rings is 2. The normalized spacial score (nSPS) is 10.5. The zero-order chi connectivity index (χ0) is 17.1. The van der Waals surface area contributed by atoms with Crippen molar-refractivity contribution in [3.05, 3.63) is 65.6 Å². The third-order valence-electron chi connectivity index (χ3n) is 3.57. The highest BCUT2D eigenvalue weighted by atomic mass is 16.5. The van der Waals surface area contributed by atoms with Crippen molar-refractivity contribution in [2.45, 2.75) is 6.61 Å². The number of fused-ring (bicyclic) bond motifs is 1. The van der Waals surface area contributed by atoms with Gasteiger partial charge in [-0.05, 0) is 29.0 Å². The van der Waals surface area contributed by atoms with Gasteiger partial charge >= 0.3 is 11.9 Å². The number of hydrogen-bond donors (Lipinski definition) is 1. The molecule has 1 aromatic heterocycles. The molecule has 0 aliphatic rings. The molecule has 24 heavy (non-hydrogen) atoms. The number of carbonyl (C=O) groups is 2. The van der Waals surface area contributed by atoms with Crippen LogP contribution in [-0.4, -0.2) is 24.2 Å². The summed E-state index contributed by atoms with van der Waals surface area (Å²) in [6.07, 6.45) is 1.31. The molecule has 0 spiro atoms. The van der Waals surface area contributed by atoms with Crippen molar-refractivity contribution < 1.29 is 28.6 Å². The van der Waals surface area contributed by atoms with Crippen LogP contribution in [0.4, 0.5) is 0 Å². The van der Waals surface area contributed by atoms with Crippen LogP contribution in [-0.2, 0) is 16.1 Å². The van der Waals surface area contributed by atoms with E-state index in [0.717, 1.165) is 10.8 Å². The van der Waals surface area contributed by atoms with Gasteiger partial charge in [0.05, 0.1) is 13.4 Å². The summed E-state index contributed by atoms with van der Waals surface area (Å²) in [6, 6.07) is 11.8. The molecule has 1 N–H and O–H groups in total. The number of methoxy groups -OCH3 is 1. The molecule has 0 aliphatic carbocycles. The third kappa shape index (κ3) is 2.94. The lowest BCUT2D eigenvalue weighted by Crippen LogP contribution is -2.08. The van der Waals surface area contributed by atoms with Crippen LogP contribution in [0.1, 0.15) is 26.5 Å². The minimum atomic E-state index is -0.717. The average Bonchev–Trinajstić information content (AvgIpc) is 3.07. The van der Waals surface area contributed by atoms with Crippen molar-refractivity contribution in [1.82, 2.24) is 0 Å². The predicted octanol–water partition coefficient (Wildman–Crippen LogP) is 3.28. The zero-order valence-electron chi connectivity index (χ0n) is 12.8. The fraction of sp³-hybridized carbons (Fsp3) is 0.111. The van der Waals surface area contributed by atoms with Crippen molar-refractivity contribution in [3.63, 3.8) is 0 Å². The maximum Gasteiger partial charge on any atom is 0.342 e. The Morgan fingerprint density at radius 3 is 2.46 bits per heavy atom. The van der Waals surface area contributed by atoms with Crippen molar-refractivity contribution in [2.24, 2.45) is 0 Å². The summed E-state index contributed by atoms with van der Waals surface area (Å²) >= 11 is 0. The summed E-state index contributed by atoms with van der Waals surface area (Å²) < 4.78 is 14.9. The van der Waals surface area contributed by atoms with Gasteiger partial charge in [-0.3, -0.25) is 0 Å². The van der Waals surface area contributed by atoms with Crippen LogP contribution in [0.2, 0.25) is 0 Å². The molecule has 0 amide bonds. The smallest absolute Gasteiger partial charge is 0.342 e. The zero-order valence-corrected chi connectivity index (χ0v) is 12.8. The van der Waals surface area contributed by atoms with E-state index in [-0.39, 0.29) is 29.2 Å². The quantitative estimate of drug-likeness (QED) is 0.741. The van der Waals surface area contributed by atoms with Crippen molar-refractivity contribution >= 4 is 22.7 Å². The number of phenols is 1. The molecule has 0 bridgehead atoms. The Balaban J connectivity index is 1.80. The first-order chi connectivity index (χ1) is 11.6. The molecule has 0 saturated heterocycles. The molecule has 6 nitrogen and oxygen atoms in total. The maximum atomic E-state index is 12.2. The molecule has 3 rings (SSSR count). The highest BCUT2D eigenvalue weighted by Gasteiger charge is 2.19. The van der Waals surface area contributed by atoms with E-state index < -0.39 is 11.9 Å². The highest BCUT2D eigenvalue weighted by Crippen LogP contribution is 2.26. The van der Waals surface area contributed by atoms with E-state index in [2.05, 4.69) is 4.74 Å². The minimum Gasteiger partial charge on any atom is -0.507 e. The average molecular weight is 326 g/mol. The minimum absolute atomic E-state index is 0.0416. The lowest BCUT2D eigenvalue weighted by atomic mass is 10.1. The number of hydrogen-bond acceptors (Lipinski definition) is 6. The number of aromatic hydroxyl groups is 1. The molecule has 0 aliphatic heterocycles. The number of ether oxygens (including phenoxy) is 2. The second-order valence-corrected chi connectivity index (χ2v) is 5.04. The van der Waals surface area contributed by atoms with E-state index in [1.165, 1.54) is 25.5 Å². The third-order valence-corrected chi connectivity index (χ3v) is 3.57. The Labute approximate surface area is 137 Å². The van der Waals surface area contributed by atoms with Crippen LogP contribution in [0.25, 0.3) is 10.8 Å². The number of phenolic OH excluding ortho intramolecular Hbond substituents is 1. The van der Waals surface area contributed by atoms with E-state index in [9.17, 15) is 14.7 Å². The van der Waals surface area contributed by atoms with Crippen LogP contribution in [0, 0.1) is 0 Å². The van der Waals surface area contributed by atoms with Crippen molar-refractivity contribution in [3.8, 4) is 5.75 Å². The second kappa shape index (κ2) is 6.45. The van der Waals surface area contributed by atoms with Crippen LogP contribution < -0.4 is 0 Å². The lowest BCUT2D eigenvalue weighted by Gasteiger charge is -2.07. The molecule has 122 valence electrons. The van der Waals surface area contributed by atoms with Crippen LogP contribution in [0.15, 0.2) is 53.1 Å². The van der Waals surface area contributed by atoms with E-state index in [1.807, 2.05) is 24.3 Å². The molecule has 3 aromatic rings. The van der Waals surface area contributed by atoms with Gasteiger partial charge in [0.25, 0.3) is 0 Å². The molecule has 1 heterocycles. The second-order valence-electron chi connectivity index (χ2n) is 5.04. The molecule has 0 fully saturated rings. The van der Waals surface area contributed by atoms with Gasteiger partial charge in [0.2, 0.25) is 0 Å². The Morgan fingerprint density at radius 1 is 1.04 bits per heavy atom. The van der Waals surface area contributed by atoms with E-state index in [0.29, 0.717) is 0 Å². The number of furan rings is 1. The number of carbonyl (C=O) groups excluding carboxylic acids is 2. The summed E-state index contributed by atoms with van der Waals surface area (Å²) in [5.74, 6) is -1.30. The van der Waals surface area contributed by atoms with Gasteiger partial charge in [0.15, 0.2) is 12.4 Å². The maximum absolute atomic E-state index is 12.2. The first-order valence-corrected chi connectivity index (χ1v) is 7.13. The van der Waals surface area contributed by atoms with E-state index >= 15 is 0 Å². The van der Waals surface area contributed by atoms with Crippen molar-refractivity contribution in [1.29, 1.82) is 0 Å². The number of esters is 2. The van der Waals surface area contributed by atoms with Gasteiger partial charge in [-0.1, -0.05) is 24.3 Å². The topological polar surface area (TPSA) is 86.0 Å². The Morgan fingerprint density at radius 2 is 1.75 bits per heavy atom. The standard InChI is InChI=1S/C18H14O6/c1-22-17(20)13-6-7-23-16(13)10-24-18(21)14-8-11-4-2-3-5-12(11)9-15(14)19/h2-9,19H,10H2,1H3. The molecule has 0 saturated carbocycles. The van der Waals surface area contributed by atoms with Gasteiger partial charge in [-0.25, -0.2) is 9.59 Å². The van der Waals surface area contributed by atoms with Crippen LogP contribution in [0.3, 0.4) is 0 Å². The first kappa shape index (κ1) is 15.6. The largest absolute Gasteiger partial charge is 0.507 e. The Bertz CT molecular complexity index is 909. The monoisotopic (exact) mass is 326 g/mol. The van der Waals surface area contributed by atoms with Gasteiger partial charge in [0.1, 0.15) is 16.9 Å². The summed E-state index contributed by atoms with van der Waals surface area (Å²) in [7, 11) is 1.25. The summed E-state index contributed by atoms with van der Waals surface area (Å²) in [5, 5.41) is 11.6. The molecule has 0 radical (unpaired) electrons. The summed E-state index contributed by atoms with van der Waals surface area (Å²) in [6.45, 7) is -0.247. The van der Waals surface area contributed by atoms with Gasteiger partial charge < -0.3 is 19.0 Å². The van der Waals surface area contributed by atoms with Crippen molar-refractivity contribution in [2.75, 3.05) is 7.11 Å². The predicted molar refractivity (Wildman–Crippen MR) is 84.8 cm³/mol. The van der Waals surface area contributed by atoms with E-state index in [4.69, 9.17) is 9.15 Å². The Kier molecular flexibility index (Phi) is 4.20. The molecule has 0 atom stereocenters. The van der Waals surface area contributed by atoms with Gasteiger partial charge in [-0.2, -0.15) is 0 Å². The molecule has 0 unspecified atom stereocenters. The fourth-order valence-corrected chi connectivity index (χ4v) is 2.34. The molecular formula is C18H14O6. The van der Waals surface area contributed by atoms with Gasteiger partial charge in [0, 0.05) is 0 Å². The summed E-state index contributed by atoms with van der Waals surface area (Å²) in [5.41, 5.74) is 0.230. The number of rotatable bonds is 4. The fourth-order valence-electron chi connectivity index (χ4n) is 2.34. The lowest BCUT2D eigenvalue weighted by molar-refractivity contribution is 0.0429. The molecule has 2 aromatic carbocycles.